The molecule has 3 heterocycles. The SMILES string of the molecule is CCOCCN1C(N2CCN(CC(=O)OCc3ccccc3)CC2)=NC2C1C(=O)NC(=O)N2C. The number of esters is 1. The fourth-order valence-corrected chi connectivity index (χ4v) is 4.39. The number of carbonyl (C=O) groups excluding carboxylic acids is 3. The number of ether oxygens (including phenoxy) is 2. The van der Waals surface area contributed by atoms with E-state index in [1.165, 1.54) is 4.90 Å². The summed E-state index contributed by atoms with van der Waals surface area (Å²) in [6.45, 7) is 6.57. The minimum atomic E-state index is -0.579. The van der Waals surface area contributed by atoms with E-state index in [4.69, 9.17) is 14.5 Å². The van der Waals surface area contributed by atoms with Crippen molar-refractivity contribution in [2.24, 2.45) is 4.99 Å². The minimum absolute atomic E-state index is 0.228. The molecule has 1 aromatic carbocycles. The number of imide groups is 1. The summed E-state index contributed by atoms with van der Waals surface area (Å²) in [5.74, 6) is 0.0949. The number of piperazine rings is 1. The van der Waals surface area contributed by atoms with Gasteiger partial charge in [0.15, 0.2) is 18.2 Å². The summed E-state index contributed by atoms with van der Waals surface area (Å²) in [5, 5.41) is 2.41. The number of nitrogens with one attached hydrogen (secondary N) is 1. The number of aliphatic imine (C=N–C) groups is 1. The van der Waals surface area contributed by atoms with Crippen molar-refractivity contribution in [2.45, 2.75) is 25.7 Å². The topological polar surface area (TPSA) is 107 Å². The molecule has 3 aliphatic heterocycles. The van der Waals surface area contributed by atoms with Crippen molar-refractivity contribution >= 4 is 23.9 Å². The molecule has 184 valence electrons. The van der Waals surface area contributed by atoms with Gasteiger partial charge >= 0.3 is 12.0 Å². The lowest BCUT2D eigenvalue weighted by molar-refractivity contribution is -0.146. The number of amides is 3. The normalized spacial score (nSPS) is 23.0. The Morgan fingerprint density at radius 2 is 1.88 bits per heavy atom. The van der Waals surface area contributed by atoms with Crippen molar-refractivity contribution in [1.29, 1.82) is 0 Å². The molecule has 1 N–H and O–H groups in total. The third kappa shape index (κ3) is 5.31. The monoisotopic (exact) mass is 472 g/mol. The zero-order valence-electron chi connectivity index (χ0n) is 19.7. The first kappa shape index (κ1) is 24.0. The molecule has 2 unspecified atom stereocenters. The van der Waals surface area contributed by atoms with E-state index in [0.717, 1.165) is 5.56 Å². The van der Waals surface area contributed by atoms with Gasteiger partial charge in [-0.15, -0.1) is 0 Å². The van der Waals surface area contributed by atoms with Gasteiger partial charge in [-0.2, -0.15) is 0 Å². The highest BCUT2D eigenvalue weighted by molar-refractivity contribution is 6.03. The molecule has 3 aliphatic rings. The Labute approximate surface area is 199 Å². The molecular weight excluding hydrogens is 440 g/mol. The van der Waals surface area contributed by atoms with Gasteiger partial charge in [-0.1, -0.05) is 30.3 Å². The van der Waals surface area contributed by atoms with Crippen molar-refractivity contribution in [2.75, 3.05) is 59.5 Å². The van der Waals surface area contributed by atoms with Crippen molar-refractivity contribution < 1.29 is 23.9 Å². The number of hydrogen-bond donors (Lipinski definition) is 1. The molecule has 0 aliphatic carbocycles. The van der Waals surface area contributed by atoms with Gasteiger partial charge in [0.1, 0.15) is 6.61 Å². The van der Waals surface area contributed by atoms with Crippen LogP contribution in [0.3, 0.4) is 0 Å². The minimum Gasteiger partial charge on any atom is -0.460 e. The summed E-state index contributed by atoms with van der Waals surface area (Å²) in [6.07, 6.45) is -0.566. The second kappa shape index (κ2) is 10.8. The van der Waals surface area contributed by atoms with E-state index in [0.29, 0.717) is 51.9 Å². The molecule has 0 saturated carbocycles. The van der Waals surface area contributed by atoms with Crippen molar-refractivity contribution in [1.82, 2.24) is 24.9 Å². The summed E-state index contributed by atoms with van der Waals surface area (Å²) in [7, 11) is 1.64. The quantitative estimate of drug-likeness (QED) is 0.414. The van der Waals surface area contributed by atoms with Gasteiger partial charge in [0.25, 0.3) is 5.91 Å². The summed E-state index contributed by atoms with van der Waals surface area (Å²) in [6, 6.07) is 8.58. The van der Waals surface area contributed by atoms with Crippen LogP contribution in [0.4, 0.5) is 4.79 Å². The number of hydrogen-bond acceptors (Lipinski definition) is 9. The van der Waals surface area contributed by atoms with Gasteiger partial charge in [0.2, 0.25) is 0 Å². The van der Waals surface area contributed by atoms with Crippen LogP contribution >= 0.6 is 0 Å². The molecule has 0 spiro atoms. The van der Waals surface area contributed by atoms with Crippen molar-refractivity contribution in [3.05, 3.63) is 35.9 Å². The Kier molecular flexibility index (Phi) is 7.63. The molecule has 4 rings (SSSR count). The molecule has 1 aromatic rings. The fourth-order valence-electron chi connectivity index (χ4n) is 4.39. The van der Waals surface area contributed by atoms with E-state index < -0.39 is 18.2 Å². The second-order valence-corrected chi connectivity index (χ2v) is 8.49. The van der Waals surface area contributed by atoms with Crippen LogP contribution in [0.25, 0.3) is 0 Å². The summed E-state index contributed by atoms with van der Waals surface area (Å²) >= 11 is 0. The summed E-state index contributed by atoms with van der Waals surface area (Å²) in [4.78, 5) is 49.4. The van der Waals surface area contributed by atoms with E-state index in [-0.39, 0.29) is 25.0 Å². The number of carbonyl (C=O) groups is 3. The standard InChI is InChI=1S/C23H32N6O5/c1-3-33-14-13-29-19-20(26(2)23(32)25-21(19)31)24-22(29)28-11-9-27(10-12-28)15-18(30)34-16-17-7-5-4-6-8-17/h4-8,19-20H,3,9-16H2,1-2H3,(H,25,31,32). The highest BCUT2D eigenvalue weighted by Crippen LogP contribution is 2.25. The Balaban J connectivity index is 1.34. The summed E-state index contributed by atoms with van der Waals surface area (Å²) < 4.78 is 10.9. The van der Waals surface area contributed by atoms with Crippen LogP contribution in [0.2, 0.25) is 0 Å². The predicted octanol–water partition coefficient (Wildman–Crippen LogP) is -0.0682. The van der Waals surface area contributed by atoms with E-state index in [1.54, 1.807) is 7.05 Å². The Hall–Kier alpha value is -3.18. The molecule has 3 amide bonds. The van der Waals surface area contributed by atoms with Gasteiger partial charge in [-0.05, 0) is 12.5 Å². The van der Waals surface area contributed by atoms with Crippen LogP contribution < -0.4 is 5.32 Å². The molecule has 34 heavy (non-hydrogen) atoms. The van der Waals surface area contributed by atoms with E-state index in [2.05, 4.69) is 15.1 Å². The average Bonchev–Trinajstić information content (AvgIpc) is 3.23. The van der Waals surface area contributed by atoms with Crippen molar-refractivity contribution in [3.63, 3.8) is 0 Å². The number of likely N-dealkylation sites (N-methyl/N-ethyl adjacent to an activating group) is 1. The highest BCUT2D eigenvalue weighted by Gasteiger charge is 2.49. The van der Waals surface area contributed by atoms with E-state index in [9.17, 15) is 14.4 Å². The fraction of sp³-hybridized carbons (Fsp3) is 0.565. The molecule has 2 saturated heterocycles. The van der Waals surface area contributed by atoms with Crippen LogP contribution in [-0.2, 0) is 25.7 Å². The van der Waals surface area contributed by atoms with Crippen LogP contribution in [0.15, 0.2) is 35.3 Å². The lowest BCUT2D eigenvalue weighted by Crippen LogP contribution is -2.65. The Morgan fingerprint density at radius 1 is 1.15 bits per heavy atom. The number of nitrogens with zero attached hydrogens (tertiary/aromatic N) is 5. The summed E-state index contributed by atoms with van der Waals surface area (Å²) in [5.41, 5.74) is 0.959. The third-order valence-electron chi connectivity index (χ3n) is 6.27. The molecule has 11 nitrogen and oxygen atoms in total. The first-order valence-corrected chi connectivity index (χ1v) is 11.6. The number of fused-ring (bicyclic) bond motifs is 1. The number of guanidine groups is 1. The second-order valence-electron chi connectivity index (χ2n) is 8.49. The van der Waals surface area contributed by atoms with Gasteiger partial charge in [0.05, 0.1) is 13.2 Å². The molecule has 11 heteroatoms. The first-order valence-electron chi connectivity index (χ1n) is 11.6. The molecule has 0 bridgehead atoms. The molecule has 2 atom stereocenters. The van der Waals surface area contributed by atoms with E-state index in [1.807, 2.05) is 42.2 Å². The van der Waals surface area contributed by atoms with Crippen LogP contribution in [0.1, 0.15) is 12.5 Å². The van der Waals surface area contributed by atoms with E-state index >= 15 is 0 Å². The third-order valence-corrected chi connectivity index (χ3v) is 6.27. The van der Waals surface area contributed by atoms with Gasteiger partial charge < -0.3 is 24.2 Å². The van der Waals surface area contributed by atoms with Crippen LogP contribution in [0.5, 0.6) is 0 Å². The molecule has 0 aromatic heterocycles. The molecular formula is C23H32N6O5. The Morgan fingerprint density at radius 3 is 2.59 bits per heavy atom. The number of urea groups is 1. The van der Waals surface area contributed by atoms with Crippen LogP contribution in [-0.4, -0.2) is 115 Å². The lowest BCUT2D eigenvalue weighted by Gasteiger charge is -2.40. The zero-order valence-corrected chi connectivity index (χ0v) is 19.7. The maximum atomic E-state index is 12.6. The number of rotatable bonds is 8. The van der Waals surface area contributed by atoms with Crippen molar-refractivity contribution in [3.8, 4) is 0 Å². The zero-order chi connectivity index (χ0) is 24.1. The maximum absolute atomic E-state index is 12.6. The van der Waals surface area contributed by atoms with Crippen LogP contribution in [0, 0.1) is 0 Å². The first-order chi connectivity index (χ1) is 16.5. The molecule has 2 fully saturated rings. The smallest absolute Gasteiger partial charge is 0.325 e. The maximum Gasteiger partial charge on any atom is 0.325 e. The highest BCUT2D eigenvalue weighted by atomic mass is 16.5. The molecule has 0 radical (unpaired) electrons. The largest absolute Gasteiger partial charge is 0.460 e. The van der Waals surface area contributed by atoms with Gasteiger partial charge in [-0.25, -0.2) is 9.79 Å². The van der Waals surface area contributed by atoms with Gasteiger partial charge in [0, 0.05) is 46.4 Å². The lowest BCUT2D eigenvalue weighted by atomic mass is 10.1. The number of benzene rings is 1. The Bertz CT molecular complexity index is 918. The average molecular weight is 473 g/mol. The predicted molar refractivity (Wildman–Crippen MR) is 124 cm³/mol. The van der Waals surface area contributed by atoms with Gasteiger partial charge in [-0.3, -0.25) is 19.8 Å².